The van der Waals surface area contributed by atoms with Crippen molar-refractivity contribution in [2.75, 3.05) is 0 Å². The van der Waals surface area contributed by atoms with Crippen LogP contribution < -0.4 is 4.72 Å². The maximum Gasteiger partial charge on any atom is 0.303 e. The molecule has 0 aliphatic heterocycles. The smallest absolute Gasteiger partial charge is 0.303 e. The molecule has 2 N–H and O–H groups in total. The summed E-state index contributed by atoms with van der Waals surface area (Å²) < 4.78 is 27.1. The minimum atomic E-state index is -4.09. The number of rotatable bonds is 7. The summed E-state index contributed by atoms with van der Waals surface area (Å²) in [6.07, 6.45) is -0.159. The number of nitro groups is 1. The molecule has 0 spiro atoms. The first kappa shape index (κ1) is 19.3. The number of hydrogen-bond acceptors (Lipinski definition) is 5. The van der Waals surface area contributed by atoms with Crippen LogP contribution in [0.3, 0.4) is 0 Å². The van der Waals surface area contributed by atoms with Gasteiger partial charge in [-0.05, 0) is 33.3 Å². The molecule has 0 heterocycles. The Morgan fingerprint density at radius 2 is 2.00 bits per heavy atom. The van der Waals surface area contributed by atoms with E-state index >= 15 is 0 Å². The molecule has 0 aromatic heterocycles. The lowest BCUT2D eigenvalue weighted by Crippen LogP contribution is -2.43. The average Bonchev–Trinajstić information content (AvgIpc) is 2.37. The molecule has 8 nitrogen and oxygen atoms in total. The van der Waals surface area contributed by atoms with Crippen molar-refractivity contribution in [1.82, 2.24) is 4.72 Å². The average molecular weight is 365 g/mol. The van der Waals surface area contributed by atoms with E-state index in [1.54, 1.807) is 0 Å². The van der Waals surface area contributed by atoms with Gasteiger partial charge in [0.25, 0.3) is 5.69 Å². The summed E-state index contributed by atoms with van der Waals surface area (Å²) in [5.74, 6) is -1.05. The summed E-state index contributed by atoms with van der Waals surface area (Å²) in [5.41, 5.74) is -1.27. The van der Waals surface area contributed by atoms with Gasteiger partial charge in [-0.25, -0.2) is 13.1 Å². The number of halogens is 1. The van der Waals surface area contributed by atoms with E-state index in [2.05, 4.69) is 4.72 Å². The molecular weight excluding hydrogens is 348 g/mol. The summed E-state index contributed by atoms with van der Waals surface area (Å²) in [5, 5.41) is 19.6. The summed E-state index contributed by atoms with van der Waals surface area (Å²) in [4.78, 5) is 20.5. The van der Waals surface area contributed by atoms with Crippen molar-refractivity contribution in [2.24, 2.45) is 0 Å². The fourth-order valence-electron chi connectivity index (χ4n) is 1.88. The Morgan fingerprint density at radius 1 is 1.43 bits per heavy atom. The Balaban J connectivity index is 3.19. The quantitative estimate of drug-likeness (QED) is 0.565. The second kappa shape index (κ2) is 6.81. The van der Waals surface area contributed by atoms with Crippen LogP contribution in [0.25, 0.3) is 0 Å². The Morgan fingerprint density at radius 3 is 2.48 bits per heavy atom. The van der Waals surface area contributed by atoms with Crippen LogP contribution in [0.5, 0.6) is 0 Å². The fourth-order valence-corrected chi connectivity index (χ4v) is 3.64. The van der Waals surface area contributed by atoms with E-state index in [-0.39, 0.29) is 28.3 Å². The third kappa shape index (κ3) is 5.15. The predicted octanol–water partition coefficient (Wildman–Crippen LogP) is 2.48. The second-order valence-corrected chi connectivity index (χ2v) is 7.78. The minimum absolute atomic E-state index is 0.0390. The van der Waals surface area contributed by atoms with Gasteiger partial charge in [0.05, 0.1) is 14.8 Å². The van der Waals surface area contributed by atoms with Crippen molar-refractivity contribution in [3.05, 3.63) is 32.8 Å². The molecule has 0 saturated carbocycles. The van der Waals surface area contributed by atoms with Crippen LogP contribution in [0.1, 0.15) is 32.3 Å². The number of benzene rings is 1. The van der Waals surface area contributed by atoms with Gasteiger partial charge in [0.15, 0.2) is 0 Å². The topological polar surface area (TPSA) is 127 Å². The third-order valence-electron chi connectivity index (χ3n) is 3.17. The van der Waals surface area contributed by atoms with Crippen LogP contribution in [-0.2, 0) is 14.8 Å². The highest BCUT2D eigenvalue weighted by molar-refractivity contribution is 7.89. The largest absolute Gasteiger partial charge is 0.481 e. The van der Waals surface area contributed by atoms with Crippen LogP contribution in [0.4, 0.5) is 5.69 Å². The highest BCUT2D eigenvalue weighted by Gasteiger charge is 2.29. The lowest BCUT2D eigenvalue weighted by molar-refractivity contribution is -0.385. The molecule has 0 radical (unpaired) electrons. The van der Waals surface area contributed by atoms with Crippen molar-refractivity contribution in [3.8, 4) is 0 Å². The summed E-state index contributed by atoms with van der Waals surface area (Å²) >= 11 is 5.87. The molecule has 1 aromatic carbocycles. The number of carboxylic acid groups (broad SMARTS) is 1. The number of sulfonamides is 1. The fraction of sp³-hybridized carbons (Fsp3) is 0.462. The number of nitrogens with zero attached hydrogens (tertiary/aromatic N) is 1. The summed E-state index contributed by atoms with van der Waals surface area (Å²) in [6.45, 7) is 4.47. The molecule has 0 bridgehead atoms. The van der Waals surface area contributed by atoms with E-state index in [1.165, 1.54) is 20.8 Å². The van der Waals surface area contributed by atoms with Gasteiger partial charge in [-0.15, -0.1) is 0 Å². The standard InChI is InChI=1S/C13H17ClN2O6S/c1-8-10(14)6-9(7-11(8)16(19)20)23(21,22)15-13(2,3)5-4-12(17)18/h6-7,15H,4-5H2,1-3H3,(H,17,18). The van der Waals surface area contributed by atoms with Gasteiger partial charge in [0.1, 0.15) is 0 Å². The molecule has 10 heteroatoms. The predicted molar refractivity (Wildman–Crippen MR) is 84.1 cm³/mol. The van der Waals surface area contributed by atoms with Gasteiger partial charge in [0, 0.05) is 23.6 Å². The van der Waals surface area contributed by atoms with Crippen molar-refractivity contribution >= 4 is 33.3 Å². The third-order valence-corrected chi connectivity index (χ3v) is 5.24. The zero-order valence-corrected chi connectivity index (χ0v) is 14.4. The first-order valence-electron chi connectivity index (χ1n) is 6.56. The molecule has 0 saturated heterocycles. The molecule has 0 amide bonds. The van der Waals surface area contributed by atoms with E-state index in [1.807, 2.05) is 0 Å². The molecule has 0 aliphatic carbocycles. The van der Waals surface area contributed by atoms with Crippen molar-refractivity contribution < 1.29 is 23.2 Å². The molecule has 0 atom stereocenters. The molecule has 1 aromatic rings. The van der Waals surface area contributed by atoms with Crippen LogP contribution in [0.2, 0.25) is 5.02 Å². The van der Waals surface area contributed by atoms with Crippen LogP contribution in [-0.4, -0.2) is 30.0 Å². The molecule has 1 rings (SSSR count). The molecule has 0 unspecified atom stereocenters. The molecule has 23 heavy (non-hydrogen) atoms. The number of nitrogens with one attached hydrogen (secondary N) is 1. The summed E-state index contributed by atoms with van der Waals surface area (Å²) in [6, 6.07) is 2.05. The van der Waals surface area contributed by atoms with Gasteiger partial charge in [-0.1, -0.05) is 11.6 Å². The van der Waals surface area contributed by atoms with Crippen LogP contribution >= 0.6 is 11.6 Å². The van der Waals surface area contributed by atoms with E-state index in [0.29, 0.717) is 0 Å². The molecule has 128 valence electrons. The zero-order chi connectivity index (χ0) is 18.0. The maximum atomic E-state index is 12.4. The normalized spacial score (nSPS) is 12.2. The number of nitro benzene ring substituents is 1. The molecular formula is C13H17ClN2O6S. The Bertz CT molecular complexity index is 745. The van der Waals surface area contributed by atoms with E-state index < -0.39 is 32.1 Å². The monoisotopic (exact) mass is 364 g/mol. The van der Waals surface area contributed by atoms with Gasteiger partial charge >= 0.3 is 5.97 Å². The Hall–Kier alpha value is -1.71. The number of carbonyl (C=O) groups is 1. The maximum absolute atomic E-state index is 12.4. The highest BCUT2D eigenvalue weighted by atomic mass is 35.5. The SMILES string of the molecule is Cc1c(Cl)cc(S(=O)(=O)NC(C)(C)CCC(=O)O)cc1[N+](=O)[O-]. The Kier molecular flexibility index (Phi) is 5.73. The number of hydrogen-bond donors (Lipinski definition) is 2. The van der Waals surface area contributed by atoms with E-state index in [0.717, 1.165) is 12.1 Å². The van der Waals surface area contributed by atoms with Gasteiger partial charge < -0.3 is 5.11 Å². The first-order chi connectivity index (χ1) is 10.4. The van der Waals surface area contributed by atoms with Gasteiger partial charge in [-0.3, -0.25) is 14.9 Å². The number of aliphatic carboxylic acids is 1. The van der Waals surface area contributed by atoms with Crippen molar-refractivity contribution in [3.63, 3.8) is 0 Å². The van der Waals surface area contributed by atoms with Crippen LogP contribution in [0.15, 0.2) is 17.0 Å². The minimum Gasteiger partial charge on any atom is -0.481 e. The summed E-state index contributed by atoms with van der Waals surface area (Å²) in [7, 11) is -4.09. The molecule has 0 aliphatic rings. The highest BCUT2D eigenvalue weighted by Crippen LogP contribution is 2.30. The second-order valence-electron chi connectivity index (χ2n) is 5.69. The van der Waals surface area contributed by atoms with Crippen molar-refractivity contribution in [1.29, 1.82) is 0 Å². The zero-order valence-electron chi connectivity index (χ0n) is 12.8. The lowest BCUT2D eigenvalue weighted by atomic mass is 10.0. The van der Waals surface area contributed by atoms with Crippen molar-refractivity contribution in [2.45, 2.75) is 44.0 Å². The van der Waals surface area contributed by atoms with E-state index in [9.17, 15) is 23.3 Å². The van der Waals surface area contributed by atoms with Crippen LogP contribution in [0, 0.1) is 17.0 Å². The van der Waals surface area contributed by atoms with Gasteiger partial charge in [-0.2, -0.15) is 0 Å². The van der Waals surface area contributed by atoms with Gasteiger partial charge in [0.2, 0.25) is 10.0 Å². The van der Waals surface area contributed by atoms with E-state index in [4.69, 9.17) is 16.7 Å². The Labute approximate surface area is 138 Å². The lowest BCUT2D eigenvalue weighted by Gasteiger charge is -2.25. The first-order valence-corrected chi connectivity index (χ1v) is 8.42. The molecule has 0 fully saturated rings. The number of carboxylic acids is 1.